The molecule has 0 aliphatic carbocycles. The van der Waals surface area contributed by atoms with Crippen LogP contribution in [0.15, 0.2) is 0 Å². The van der Waals surface area contributed by atoms with E-state index in [2.05, 4.69) is 20.8 Å². The van der Waals surface area contributed by atoms with E-state index in [1.807, 2.05) is 0 Å². The summed E-state index contributed by atoms with van der Waals surface area (Å²) in [7, 11) is 0. The van der Waals surface area contributed by atoms with E-state index in [1.54, 1.807) is 0 Å². The largest absolute Gasteiger partial charge is 3.00 e. The van der Waals surface area contributed by atoms with Gasteiger partial charge in [-0.05, 0) is 19.3 Å². The van der Waals surface area contributed by atoms with Gasteiger partial charge in [-0.25, -0.2) is 0 Å². The van der Waals surface area contributed by atoms with Crippen molar-refractivity contribution in [2.24, 2.45) is 0 Å². The number of rotatable bonds is 27. The summed E-state index contributed by atoms with van der Waals surface area (Å²) in [5.74, 6) is 1.03. The maximum absolute atomic E-state index is 10.2. The number of unbranched alkanes of at least 4 members (excludes halogenated alkanes) is 21. The first-order chi connectivity index (χ1) is 18.8. The molecular formula is C30H63AlO6S3. The molecule has 240 valence electrons. The first-order valence-electron chi connectivity index (χ1n) is 16.0. The van der Waals surface area contributed by atoms with Crippen molar-refractivity contribution in [2.45, 2.75) is 175 Å². The average molecular weight is 643 g/mol. The predicted molar refractivity (Wildman–Crippen MR) is 175 cm³/mol. The Hall–Kier alpha value is 0.862. The molecule has 0 heterocycles. The number of hydrogen-bond acceptors (Lipinski definition) is 6. The molecule has 0 aromatic carbocycles. The molecule has 3 unspecified atom stereocenters. The molecule has 3 atom stereocenters. The van der Waals surface area contributed by atoms with Gasteiger partial charge in [0.25, 0.3) is 0 Å². The van der Waals surface area contributed by atoms with Crippen LogP contribution in [-0.4, -0.2) is 60.9 Å². The van der Waals surface area contributed by atoms with Crippen molar-refractivity contribution in [3.8, 4) is 0 Å². The van der Waals surface area contributed by atoms with Gasteiger partial charge in [0.15, 0.2) is 0 Å². The third kappa shape index (κ3) is 58.5. The van der Waals surface area contributed by atoms with Crippen molar-refractivity contribution in [3.05, 3.63) is 0 Å². The Labute approximate surface area is 267 Å². The van der Waals surface area contributed by atoms with Gasteiger partial charge in [0.05, 0.1) is 0 Å². The normalized spacial score (nSPS) is 12.8. The molecule has 0 fully saturated rings. The van der Waals surface area contributed by atoms with Crippen LogP contribution in [-0.2, 0) is 33.2 Å². The van der Waals surface area contributed by atoms with Crippen molar-refractivity contribution in [1.82, 2.24) is 0 Å². The zero-order valence-corrected chi connectivity index (χ0v) is 29.9. The van der Waals surface area contributed by atoms with Gasteiger partial charge in [0.1, 0.15) is 0 Å². The summed E-state index contributed by atoms with van der Waals surface area (Å²) < 4.78 is 61.0. The molecule has 0 aromatic heterocycles. The summed E-state index contributed by atoms with van der Waals surface area (Å²) in [5, 5.41) is 0. The molecule has 0 saturated heterocycles. The van der Waals surface area contributed by atoms with E-state index in [-0.39, 0.29) is 17.4 Å². The fourth-order valence-corrected chi connectivity index (χ4v) is 5.38. The third-order valence-corrected chi connectivity index (χ3v) is 8.36. The van der Waals surface area contributed by atoms with Gasteiger partial charge in [-0.3, -0.25) is 12.6 Å². The van der Waals surface area contributed by atoms with Crippen LogP contribution < -0.4 is 0 Å². The fraction of sp³-hybridized carbons (Fsp3) is 1.00. The van der Waals surface area contributed by atoms with Crippen LogP contribution >= 0.6 is 0 Å². The summed E-state index contributed by atoms with van der Waals surface area (Å²) in [6.07, 6.45) is 28.9. The van der Waals surface area contributed by atoms with Crippen LogP contribution in [0.1, 0.15) is 175 Å². The molecule has 0 rings (SSSR count). The molecule has 0 aliphatic heterocycles. The molecular weight excluding hydrogens is 580 g/mol. The monoisotopic (exact) mass is 642 g/mol. The van der Waals surface area contributed by atoms with Gasteiger partial charge < -0.3 is 13.7 Å². The van der Waals surface area contributed by atoms with Crippen molar-refractivity contribution >= 4 is 50.6 Å². The van der Waals surface area contributed by atoms with Crippen molar-refractivity contribution in [3.63, 3.8) is 0 Å². The molecule has 40 heavy (non-hydrogen) atoms. The van der Waals surface area contributed by atoms with Gasteiger partial charge in [-0.1, -0.05) is 189 Å². The smallest absolute Gasteiger partial charge is 0.772 e. The molecule has 0 saturated carbocycles. The molecule has 6 nitrogen and oxygen atoms in total. The van der Waals surface area contributed by atoms with E-state index < -0.39 is 33.2 Å². The van der Waals surface area contributed by atoms with Crippen LogP contribution in [0.4, 0.5) is 0 Å². The Balaban J connectivity index is -0.000000240. The van der Waals surface area contributed by atoms with E-state index in [4.69, 9.17) is 0 Å². The van der Waals surface area contributed by atoms with Gasteiger partial charge in [-0.2, -0.15) is 0 Å². The first kappa shape index (κ1) is 47.8. The molecule has 0 aliphatic rings. The quantitative estimate of drug-likeness (QED) is 0.0502. The molecule has 0 radical (unpaired) electrons. The van der Waals surface area contributed by atoms with Crippen LogP contribution in [0.5, 0.6) is 0 Å². The Kier molecular flexibility index (Phi) is 52.9. The first-order valence-corrected chi connectivity index (χ1v) is 19.7. The molecule has 10 heteroatoms. The van der Waals surface area contributed by atoms with Gasteiger partial charge in [-0.15, -0.1) is 0 Å². The van der Waals surface area contributed by atoms with E-state index >= 15 is 0 Å². The zero-order chi connectivity index (χ0) is 29.8. The van der Waals surface area contributed by atoms with Crippen LogP contribution in [0.2, 0.25) is 0 Å². The van der Waals surface area contributed by atoms with E-state index in [0.717, 1.165) is 38.5 Å². The molecule has 0 aromatic rings. The van der Waals surface area contributed by atoms with Crippen molar-refractivity contribution < 1.29 is 26.3 Å². The van der Waals surface area contributed by atoms with E-state index in [1.165, 1.54) is 116 Å². The average Bonchev–Trinajstić information content (AvgIpc) is 2.89. The topological polar surface area (TPSA) is 120 Å². The Morgan fingerprint density at radius 1 is 0.325 bits per heavy atom. The Bertz CT molecular complexity index is 456. The zero-order valence-electron chi connectivity index (χ0n) is 26.3. The van der Waals surface area contributed by atoms with Crippen molar-refractivity contribution in [1.29, 1.82) is 0 Å². The van der Waals surface area contributed by atoms with E-state index in [0.29, 0.717) is 17.3 Å². The molecule has 0 N–H and O–H groups in total. The van der Waals surface area contributed by atoms with Crippen molar-refractivity contribution in [2.75, 3.05) is 17.3 Å². The molecule has 0 spiro atoms. The van der Waals surface area contributed by atoms with Gasteiger partial charge in [0, 0.05) is 17.3 Å². The summed E-state index contributed by atoms with van der Waals surface area (Å²) in [6, 6.07) is 0. The minimum Gasteiger partial charge on any atom is -0.772 e. The summed E-state index contributed by atoms with van der Waals surface area (Å²) >= 11 is -5.48. The van der Waals surface area contributed by atoms with E-state index in [9.17, 15) is 26.3 Å². The molecule has 0 bridgehead atoms. The maximum Gasteiger partial charge on any atom is 3.00 e. The van der Waals surface area contributed by atoms with Gasteiger partial charge in [0.2, 0.25) is 0 Å². The minimum absolute atomic E-state index is 0. The third-order valence-electron chi connectivity index (χ3n) is 6.49. The Morgan fingerprint density at radius 3 is 0.625 bits per heavy atom. The van der Waals surface area contributed by atoms with Crippen LogP contribution in [0.25, 0.3) is 0 Å². The van der Waals surface area contributed by atoms with Gasteiger partial charge >= 0.3 is 17.4 Å². The second kappa shape index (κ2) is 44.3. The van der Waals surface area contributed by atoms with Crippen LogP contribution in [0.3, 0.4) is 0 Å². The summed E-state index contributed by atoms with van der Waals surface area (Å²) in [6.45, 7) is 6.64. The summed E-state index contributed by atoms with van der Waals surface area (Å²) in [4.78, 5) is 0. The number of hydrogen-bond donors (Lipinski definition) is 0. The second-order valence-corrected chi connectivity index (χ2v) is 13.5. The van der Waals surface area contributed by atoms with Crippen LogP contribution in [0, 0.1) is 0 Å². The molecule has 0 amide bonds. The second-order valence-electron chi connectivity index (χ2n) is 10.4. The fourth-order valence-electron chi connectivity index (χ4n) is 4.06. The minimum atomic E-state index is -1.83. The predicted octanol–water partition coefficient (Wildman–Crippen LogP) is 8.64. The Morgan fingerprint density at radius 2 is 0.475 bits per heavy atom. The summed E-state index contributed by atoms with van der Waals surface area (Å²) in [5.41, 5.74) is 0. The standard InChI is InChI=1S/3C10H22O2S.Al/c3*1-2-3-4-5-6-7-8-9-10-13(11)12;/h3*2-10H2,1H3,(H,11,12);/q;;;+3/p-3. The SMILES string of the molecule is CCCCCCCCCCS(=O)[O-].CCCCCCCCCCS(=O)[O-].CCCCCCCCCCS(=O)[O-].[Al+3]. The maximum atomic E-state index is 10.2.